The zero-order valence-corrected chi connectivity index (χ0v) is 11.0. The third kappa shape index (κ3) is 2.94. The van der Waals surface area contributed by atoms with Gasteiger partial charge in [-0.15, -0.1) is 0 Å². The quantitative estimate of drug-likeness (QED) is 0.852. The first kappa shape index (κ1) is 13.6. The molecule has 1 heterocycles. The number of benzene rings is 1. The van der Waals surface area contributed by atoms with E-state index in [1.807, 2.05) is 0 Å². The summed E-state index contributed by atoms with van der Waals surface area (Å²) < 4.78 is 40.0. The molecular weight excluding hydrogens is 293 g/mol. The van der Waals surface area contributed by atoms with Crippen LogP contribution in [0.2, 0.25) is 5.02 Å². The number of aromatic nitrogens is 1. The number of hydrogen-bond acceptors (Lipinski definition) is 4. The zero-order valence-electron chi connectivity index (χ0n) is 9.47. The molecule has 0 radical (unpaired) electrons. The van der Waals surface area contributed by atoms with E-state index in [2.05, 4.69) is 9.71 Å². The van der Waals surface area contributed by atoms with E-state index in [1.54, 1.807) is 6.07 Å². The van der Waals surface area contributed by atoms with Crippen LogP contribution in [0.25, 0.3) is 0 Å². The molecule has 0 saturated carbocycles. The number of halogens is 2. The Morgan fingerprint density at radius 3 is 2.74 bits per heavy atom. The number of pyridine rings is 1. The van der Waals surface area contributed by atoms with Gasteiger partial charge in [0.25, 0.3) is 10.0 Å². The first-order chi connectivity index (χ1) is 8.90. The Morgan fingerprint density at radius 2 is 2.11 bits per heavy atom. The Balaban J connectivity index is 2.46. The molecule has 2 rings (SSSR count). The number of nitrogens with zero attached hydrogens (tertiary/aromatic N) is 1. The number of anilines is 2. The molecule has 19 heavy (non-hydrogen) atoms. The second-order valence-electron chi connectivity index (χ2n) is 3.65. The van der Waals surface area contributed by atoms with Gasteiger partial charge >= 0.3 is 0 Å². The lowest BCUT2D eigenvalue weighted by molar-refractivity contribution is 0.573. The summed E-state index contributed by atoms with van der Waals surface area (Å²) in [6, 6.07) is 5.16. The van der Waals surface area contributed by atoms with E-state index in [0.717, 1.165) is 12.1 Å². The highest BCUT2D eigenvalue weighted by atomic mass is 35.5. The van der Waals surface area contributed by atoms with Crippen LogP contribution in [-0.2, 0) is 10.0 Å². The fourth-order valence-corrected chi connectivity index (χ4v) is 2.88. The van der Waals surface area contributed by atoms with Crippen LogP contribution in [-0.4, -0.2) is 13.4 Å². The van der Waals surface area contributed by atoms with Crippen molar-refractivity contribution in [3.63, 3.8) is 0 Å². The Kier molecular flexibility index (Phi) is 3.59. The van der Waals surface area contributed by atoms with Gasteiger partial charge in [-0.3, -0.25) is 9.71 Å². The van der Waals surface area contributed by atoms with Gasteiger partial charge < -0.3 is 5.73 Å². The molecule has 0 bridgehead atoms. The molecule has 1 aromatic heterocycles. The standard InChI is InChI=1S/C11H9ClFN3O2S/c12-7-4-9(14)11(13)10(5-7)19(17,18)16-8-2-1-3-15-6-8/h1-6,16H,14H2. The Morgan fingerprint density at radius 1 is 1.37 bits per heavy atom. The summed E-state index contributed by atoms with van der Waals surface area (Å²) in [6.45, 7) is 0. The van der Waals surface area contributed by atoms with Crippen molar-refractivity contribution in [3.8, 4) is 0 Å². The molecule has 0 spiro atoms. The first-order valence-electron chi connectivity index (χ1n) is 5.07. The van der Waals surface area contributed by atoms with Crippen molar-refractivity contribution < 1.29 is 12.8 Å². The minimum atomic E-state index is -4.12. The summed E-state index contributed by atoms with van der Waals surface area (Å²) in [4.78, 5) is 3.14. The van der Waals surface area contributed by atoms with Gasteiger partial charge in [-0.2, -0.15) is 0 Å². The highest BCUT2D eigenvalue weighted by molar-refractivity contribution is 7.92. The molecule has 5 nitrogen and oxygen atoms in total. The van der Waals surface area contributed by atoms with Crippen molar-refractivity contribution in [3.05, 3.63) is 47.5 Å². The maximum absolute atomic E-state index is 13.8. The summed E-state index contributed by atoms with van der Waals surface area (Å²) in [6.07, 6.45) is 2.78. The monoisotopic (exact) mass is 301 g/mol. The zero-order chi connectivity index (χ0) is 14.0. The highest BCUT2D eigenvalue weighted by Gasteiger charge is 2.22. The smallest absolute Gasteiger partial charge is 0.265 e. The molecule has 0 saturated heterocycles. The van der Waals surface area contributed by atoms with E-state index in [-0.39, 0.29) is 16.4 Å². The Hall–Kier alpha value is -1.86. The van der Waals surface area contributed by atoms with Crippen LogP contribution in [0.4, 0.5) is 15.8 Å². The van der Waals surface area contributed by atoms with Crippen LogP contribution in [0.15, 0.2) is 41.6 Å². The predicted molar refractivity (Wildman–Crippen MR) is 70.9 cm³/mol. The van der Waals surface area contributed by atoms with Crippen LogP contribution >= 0.6 is 11.6 Å². The summed E-state index contributed by atoms with van der Waals surface area (Å²) in [7, 11) is -4.12. The fourth-order valence-electron chi connectivity index (χ4n) is 1.41. The van der Waals surface area contributed by atoms with Crippen molar-refractivity contribution in [2.24, 2.45) is 0 Å². The molecule has 0 atom stereocenters. The highest BCUT2D eigenvalue weighted by Crippen LogP contribution is 2.26. The number of hydrogen-bond donors (Lipinski definition) is 2. The minimum absolute atomic E-state index is 0.0328. The summed E-state index contributed by atoms with van der Waals surface area (Å²) in [5.41, 5.74) is 5.22. The van der Waals surface area contributed by atoms with Crippen molar-refractivity contribution in [2.45, 2.75) is 4.90 Å². The molecule has 0 aliphatic heterocycles. The summed E-state index contributed by atoms with van der Waals surface area (Å²) >= 11 is 5.68. The molecular formula is C11H9ClFN3O2S. The maximum atomic E-state index is 13.8. The number of nitrogens with two attached hydrogens (primary N) is 1. The molecule has 8 heteroatoms. The fraction of sp³-hybridized carbons (Fsp3) is 0. The van der Waals surface area contributed by atoms with Gasteiger partial charge in [0.1, 0.15) is 4.90 Å². The first-order valence-corrected chi connectivity index (χ1v) is 6.93. The topological polar surface area (TPSA) is 85.1 Å². The number of sulfonamides is 1. The average molecular weight is 302 g/mol. The third-order valence-corrected chi connectivity index (χ3v) is 3.83. The normalized spacial score (nSPS) is 11.3. The van der Waals surface area contributed by atoms with E-state index in [1.165, 1.54) is 18.5 Å². The largest absolute Gasteiger partial charge is 0.396 e. The van der Waals surface area contributed by atoms with Gasteiger partial charge in [0.05, 0.1) is 17.6 Å². The second-order valence-corrected chi connectivity index (χ2v) is 5.74. The van der Waals surface area contributed by atoms with Gasteiger partial charge in [0, 0.05) is 11.2 Å². The lowest BCUT2D eigenvalue weighted by Gasteiger charge is -2.10. The maximum Gasteiger partial charge on any atom is 0.265 e. The van der Waals surface area contributed by atoms with Gasteiger partial charge in [-0.25, -0.2) is 12.8 Å². The Bertz CT molecular complexity index is 707. The van der Waals surface area contributed by atoms with Gasteiger partial charge in [-0.1, -0.05) is 11.6 Å². The third-order valence-electron chi connectivity index (χ3n) is 2.24. The van der Waals surface area contributed by atoms with Gasteiger partial charge in [-0.05, 0) is 24.3 Å². The van der Waals surface area contributed by atoms with E-state index in [9.17, 15) is 12.8 Å². The lowest BCUT2D eigenvalue weighted by Crippen LogP contribution is -2.15. The molecule has 1 aromatic carbocycles. The van der Waals surface area contributed by atoms with Crippen LogP contribution < -0.4 is 10.5 Å². The molecule has 0 aliphatic carbocycles. The predicted octanol–water partition coefficient (Wildman–Crippen LogP) is 2.26. The molecule has 100 valence electrons. The van der Waals surface area contributed by atoms with E-state index >= 15 is 0 Å². The van der Waals surface area contributed by atoms with Crippen LogP contribution in [0.1, 0.15) is 0 Å². The molecule has 2 aromatic rings. The van der Waals surface area contributed by atoms with Crippen LogP contribution in [0.3, 0.4) is 0 Å². The van der Waals surface area contributed by atoms with Crippen molar-refractivity contribution in [1.82, 2.24) is 4.98 Å². The van der Waals surface area contributed by atoms with E-state index < -0.39 is 20.7 Å². The number of rotatable bonds is 3. The second kappa shape index (κ2) is 5.02. The van der Waals surface area contributed by atoms with Crippen molar-refractivity contribution in [2.75, 3.05) is 10.5 Å². The molecule has 0 fully saturated rings. The molecule has 0 aliphatic rings. The summed E-state index contributed by atoms with van der Waals surface area (Å²) in [5, 5.41) is 0.0328. The number of nitrogens with one attached hydrogen (secondary N) is 1. The van der Waals surface area contributed by atoms with Crippen molar-refractivity contribution in [1.29, 1.82) is 0 Å². The van der Waals surface area contributed by atoms with Crippen LogP contribution in [0, 0.1) is 5.82 Å². The van der Waals surface area contributed by atoms with E-state index in [4.69, 9.17) is 17.3 Å². The van der Waals surface area contributed by atoms with Gasteiger partial charge in [0.15, 0.2) is 5.82 Å². The number of nitrogen functional groups attached to an aromatic ring is 1. The van der Waals surface area contributed by atoms with E-state index in [0.29, 0.717) is 0 Å². The summed E-state index contributed by atoms with van der Waals surface area (Å²) in [5.74, 6) is -1.04. The van der Waals surface area contributed by atoms with Crippen molar-refractivity contribution >= 4 is 33.0 Å². The van der Waals surface area contributed by atoms with Crippen LogP contribution in [0.5, 0.6) is 0 Å². The Labute approximate surface area is 114 Å². The molecule has 3 N–H and O–H groups in total. The van der Waals surface area contributed by atoms with Gasteiger partial charge in [0.2, 0.25) is 0 Å². The average Bonchev–Trinajstić information content (AvgIpc) is 2.34. The molecule has 0 amide bonds. The molecule has 0 unspecified atom stereocenters. The SMILES string of the molecule is Nc1cc(Cl)cc(S(=O)(=O)Nc2cccnc2)c1F. The minimum Gasteiger partial charge on any atom is -0.396 e. The lowest BCUT2D eigenvalue weighted by atomic mass is 10.3.